The van der Waals surface area contributed by atoms with Crippen LogP contribution in [-0.4, -0.2) is 30.4 Å². The molecule has 0 heterocycles. The highest BCUT2D eigenvalue weighted by atomic mass is 16.5. The molecule has 1 aromatic carbocycles. The van der Waals surface area contributed by atoms with E-state index in [1.54, 1.807) is 0 Å². The summed E-state index contributed by atoms with van der Waals surface area (Å²) in [6, 6.07) is 9.16. The summed E-state index contributed by atoms with van der Waals surface area (Å²) >= 11 is 0. The lowest BCUT2D eigenvalue weighted by molar-refractivity contribution is -0.156. The first kappa shape index (κ1) is 15.1. The summed E-state index contributed by atoms with van der Waals surface area (Å²) in [4.78, 5) is 47.2. The van der Waals surface area contributed by atoms with Gasteiger partial charge in [0.15, 0.2) is 5.78 Å². The van der Waals surface area contributed by atoms with E-state index in [2.05, 4.69) is 4.74 Å². The molecule has 0 saturated heterocycles. The molecule has 5 heteroatoms. The van der Waals surface area contributed by atoms with E-state index >= 15 is 0 Å². The van der Waals surface area contributed by atoms with E-state index in [0.717, 1.165) is 12.7 Å². The standard InChI is InChI=1S/C16H16O5/c1-21-16(20)15(19)14(18)12-9-5-8-11(13(12)17)10-6-3-2-4-7-10/h2-4,6-7,11-12H,5,8-9H2,1H3/t11-,12+/m0/s1. The van der Waals surface area contributed by atoms with Gasteiger partial charge in [-0.3, -0.25) is 14.4 Å². The number of methoxy groups -OCH3 is 1. The van der Waals surface area contributed by atoms with Gasteiger partial charge in [-0.15, -0.1) is 0 Å². The van der Waals surface area contributed by atoms with Crippen LogP contribution in [0.25, 0.3) is 0 Å². The Labute approximate surface area is 122 Å². The molecule has 0 bridgehead atoms. The molecular weight excluding hydrogens is 272 g/mol. The second kappa shape index (κ2) is 6.43. The van der Waals surface area contributed by atoms with Crippen molar-refractivity contribution >= 4 is 23.3 Å². The van der Waals surface area contributed by atoms with E-state index in [0.29, 0.717) is 19.3 Å². The molecule has 1 aromatic rings. The minimum Gasteiger partial charge on any atom is -0.463 e. The fourth-order valence-electron chi connectivity index (χ4n) is 2.68. The Balaban J connectivity index is 2.19. The third kappa shape index (κ3) is 3.07. The van der Waals surface area contributed by atoms with E-state index in [4.69, 9.17) is 0 Å². The largest absolute Gasteiger partial charge is 0.463 e. The van der Waals surface area contributed by atoms with Gasteiger partial charge in [-0.2, -0.15) is 0 Å². The number of benzene rings is 1. The minimum atomic E-state index is -1.25. The molecule has 21 heavy (non-hydrogen) atoms. The number of Topliss-reactive ketones (excluding diaryl/α,β-unsaturated/α-hetero) is 3. The second-order valence-electron chi connectivity index (χ2n) is 5.03. The van der Waals surface area contributed by atoms with Crippen LogP contribution in [-0.2, 0) is 23.9 Å². The zero-order valence-corrected chi connectivity index (χ0v) is 11.7. The van der Waals surface area contributed by atoms with E-state index in [-0.39, 0.29) is 11.7 Å². The van der Waals surface area contributed by atoms with Crippen LogP contribution in [0.5, 0.6) is 0 Å². The molecule has 0 aromatic heterocycles. The Hall–Kier alpha value is -2.30. The van der Waals surface area contributed by atoms with Gasteiger partial charge in [0, 0.05) is 5.92 Å². The van der Waals surface area contributed by atoms with Crippen molar-refractivity contribution in [1.29, 1.82) is 0 Å². The first-order valence-electron chi connectivity index (χ1n) is 6.81. The highest BCUT2D eigenvalue weighted by Gasteiger charge is 2.40. The zero-order valence-electron chi connectivity index (χ0n) is 11.7. The maximum absolute atomic E-state index is 12.5. The summed E-state index contributed by atoms with van der Waals surface area (Å²) in [7, 11) is 1.03. The zero-order chi connectivity index (χ0) is 15.4. The molecule has 0 unspecified atom stereocenters. The van der Waals surface area contributed by atoms with Gasteiger partial charge in [-0.25, -0.2) is 4.79 Å². The number of ether oxygens (including phenoxy) is 1. The molecule has 0 radical (unpaired) electrons. The molecule has 2 atom stereocenters. The SMILES string of the molecule is COC(=O)C(=O)C(=O)[C@@H]1CCC[C@@H](c2ccccc2)C1=O. The number of esters is 1. The summed E-state index contributed by atoms with van der Waals surface area (Å²) < 4.78 is 4.25. The smallest absolute Gasteiger partial charge is 0.382 e. The number of carbonyl (C=O) groups is 4. The normalized spacial score (nSPS) is 21.7. The number of ketones is 3. The lowest BCUT2D eigenvalue weighted by Gasteiger charge is -2.26. The summed E-state index contributed by atoms with van der Waals surface area (Å²) in [5.74, 6) is -5.11. The van der Waals surface area contributed by atoms with Crippen LogP contribution in [0, 0.1) is 5.92 Å². The van der Waals surface area contributed by atoms with Crippen molar-refractivity contribution in [2.24, 2.45) is 5.92 Å². The van der Waals surface area contributed by atoms with Crippen LogP contribution in [0.4, 0.5) is 0 Å². The van der Waals surface area contributed by atoms with Gasteiger partial charge in [0.2, 0.25) is 5.78 Å². The van der Waals surface area contributed by atoms with Crippen LogP contribution in [0.1, 0.15) is 30.7 Å². The predicted octanol–water partition coefficient (Wildman–Crippen LogP) is 1.45. The van der Waals surface area contributed by atoms with E-state index in [1.165, 1.54) is 0 Å². The van der Waals surface area contributed by atoms with Gasteiger partial charge in [0.1, 0.15) is 0 Å². The molecule has 0 spiro atoms. The van der Waals surface area contributed by atoms with Crippen molar-refractivity contribution in [2.45, 2.75) is 25.2 Å². The predicted molar refractivity (Wildman–Crippen MR) is 73.6 cm³/mol. The van der Waals surface area contributed by atoms with Gasteiger partial charge in [0.05, 0.1) is 13.0 Å². The molecule has 5 nitrogen and oxygen atoms in total. The molecular formula is C16H16O5. The van der Waals surface area contributed by atoms with Crippen LogP contribution >= 0.6 is 0 Å². The molecule has 110 valence electrons. The monoisotopic (exact) mass is 288 g/mol. The van der Waals surface area contributed by atoms with Crippen LogP contribution in [0.15, 0.2) is 30.3 Å². The van der Waals surface area contributed by atoms with Crippen LogP contribution in [0.3, 0.4) is 0 Å². The lowest BCUT2D eigenvalue weighted by atomic mass is 9.74. The average molecular weight is 288 g/mol. The quantitative estimate of drug-likeness (QED) is 0.476. The van der Waals surface area contributed by atoms with Gasteiger partial charge < -0.3 is 4.74 Å². The maximum Gasteiger partial charge on any atom is 0.382 e. The van der Waals surface area contributed by atoms with Crippen molar-refractivity contribution < 1.29 is 23.9 Å². The first-order chi connectivity index (χ1) is 10.1. The summed E-state index contributed by atoms with van der Waals surface area (Å²) in [6.45, 7) is 0. The highest BCUT2D eigenvalue weighted by Crippen LogP contribution is 2.33. The maximum atomic E-state index is 12.5. The van der Waals surface area contributed by atoms with E-state index < -0.39 is 23.5 Å². The number of hydrogen-bond donors (Lipinski definition) is 0. The second-order valence-corrected chi connectivity index (χ2v) is 5.03. The average Bonchev–Trinajstić information content (AvgIpc) is 2.53. The Kier molecular flexibility index (Phi) is 4.62. The van der Waals surface area contributed by atoms with Gasteiger partial charge >= 0.3 is 11.8 Å². The molecule has 1 aliphatic carbocycles. The van der Waals surface area contributed by atoms with E-state index in [1.807, 2.05) is 30.3 Å². The number of rotatable bonds is 4. The van der Waals surface area contributed by atoms with Gasteiger partial charge in [0.25, 0.3) is 0 Å². The topological polar surface area (TPSA) is 77.5 Å². The molecule has 0 amide bonds. The number of carbonyl (C=O) groups excluding carboxylic acids is 4. The fourth-order valence-corrected chi connectivity index (χ4v) is 2.68. The van der Waals surface area contributed by atoms with Gasteiger partial charge in [-0.1, -0.05) is 36.8 Å². The summed E-state index contributed by atoms with van der Waals surface area (Å²) in [6.07, 6.45) is 1.62. The van der Waals surface area contributed by atoms with Crippen molar-refractivity contribution in [3.8, 4) is 0 Å². The minimum absolute atomic E-state index is 0.283. The summed E-state index contributed by atoms with van der Waals surface area (Å²) in [5.41, 5.74) is 0.838. The van der Waals surface area contributed by atoms with Crippen LogP contribution < -0.4 is 0 Å². The summed E-state index contributed by atoms with van der Waals surface area (Å²) in [5, 5.41) is 0. The Morgan fingerprint density at radius 3 is 2.38 bits per heavy atom. The van der Waals surface area contributed by atoms with Crippen molar-refractivity contribution in [2.75, 3.05) is 7.11 Å². The van der Waals surface area contributed by atoms with Crippen molar-refractivity contribution in [3.05, 3.63) is 35.9 Å². The van der Waals surface area contributed by atoms with Crippen molar-refractivity contribution in [1.82, 2.24) is 0 Å². The molecule has 1 fully saturated rings. The lowest BCUT2D eigenvalue weighted by Crippen LogP contribution is -2.39. The Morgan fingerprint density at radius 2 is 1.76 bits per heavy atom. The third-order valence-corrected chi connectivity index (χ3v) is 3.79. The first-order valence-corrected chi connectivity index (χ1v) is 6.81. The third-order valence-electron chi connectivity index (χ3n) is 3.79. The van der Waals surface area contributed by atoms with Gasteiger partial charge in [-0.05, 0) is 18.4 Å². The number of hydrogen-bond acceptors (Lipinski definition) is 5. The fraction of sp³-hybridized carbons (Fsp3) is 0.375. The molecule has 1 aliphatic rings. The van der Waals surface area contributed by atoms with E-state index in [9.17, 15) is 19.2 Å². The molecule has 0 aliphatic heterocycles. The van der Waals surface area contributed by atoms with Crippen molar-refractivity contribution in [3.63, 3.8) is 0 Å². The molecule has 0 N–H and O–H groups in total. The molecule has 2 rings (SSSR count). The Morgan fingerprint density at radius 1 is 1.10 bits per heavy atom. The van der Waals surface area contributed by atoms with Crippen LogP contribution in [0.2, 0.25) is 0 Å². The molecule has 1 saturated carbocycles. The highest BCUT2D eigenvalue weighted by molar-refractivity contribution is 6.63. The Bertz CT molecular complexity index is 576.